The van der Waals surface area contributed by atoms with Crippen molar-refractivity contribution in [2.45, 2.75) is 84.7 Å². The van der Waals surface area contributed by atoms with Gasteiger partial charge in [-0.05, 0) is 92.8 Å². The van der Waals surface area contributed by atoms with E-state index in [2.05, 4.69) is 39.0 Å². The summed E-state index contributed by atoms with van der Waals surface area (Å²) in [5.41, 5.74) is 3.28. The van der Waals surface area contributed by atoms with Crippen LogP contribution in [0.1, 0.15) is 79.1 Å². The van der Waals surface area contributed by atoms with Gasteiger partial charge in [0.1, 0.15) is 0 Å². The van der Waals surface area contributed by atoms with Crippen molar-refractivity contribution < 1.29 is 10.2 Å². The molecule has 0 aromatic carbocycles. The van der Waals surface area contributed by atoms with E-state index in [1.165, 1.54) is 32.1 Å². The first kappa shape index (κ1) is 20.4. The van der Waals surface area contributed by atoms with Crippen molar-refractivity contribution in [2.24, 2.45) is 34.5 Å². The Hall–Kier alpha value is -0.860. The van der Waals surface area contributed by atoms with Gasteiger partial charge in [0, 0.05) is 0 Å². The van der Waals surface area contributed by atoms with Crippen molar-refractivity contribution in [3.8, 4) is 0 Å². The highest BCUT2D eigenvalue weighted by molar-refractivity contribution is 5.30. The molecular formula is C26H40O2. The van der Waals surface area contributed by atoms with Crippen LogP contribution in [0.3, 0.4) is 0 Å². The number of fused-ring (bicyclic) bond motifs is 4. The molecule has 4 aliphatic carbocycles. The number of aliphatic hydroxyl groups is 2. The van der Waals surface area contributed by atoms with Crippen LogP contribution in [0.5, 0.6) is 0 Å². The van der Waals surface area contributed by atoms with E-state index in [0.29, 0.717) is 16.7 Å². The van der Waals surface area contributed by atoms with E-state index >= 15 is 0 Å². The molecule has 4 aliphatic rings. The third-order valence-electron chi connectivity index (χ3n) is 9.31. The lowest BCUT2D eigenvalue weighted by Crippen LogP contribution is -2.45. The summed E-state index contributed by atoms with van der Waals surface area (Å²) in [5, 5.41) is 19.8. The standard InChI is InChI=1S/C26H40O2/c1-18(6-5-15-27)22-10-9-20-16-19-7-8-21-17-24(2,28)13-14-26(21,4)23(19)11-12-25(20,22)3/h5-6,8,10,18-20,23,27-28H,7,9,11-17H2,1-4H3. The lowest BCUT2D eigenvalue weighted by atomic mass is 9.54. The second kappa shape index (κ2) is 7.13. The van der Waals surface area contributed by atoms with Crippen LogP contribution in [-0.2, 0) is 0 Å². The van der Waals surface area contributed by atoms with Crippen LogP contribution in [0.2, 0.25) is 0 Å². The first-order valence-electron chi connectivity index (χ1n) is 11.6. The third-order valence-corrected chi connectivity index (χ3v) is 9.31. The first-order valence-corrected chi connectivity index (χ1v) is 11.6. The SMILES string of the molecule is CC(C=CCO)C1=CCC2CC3CC=C4CC(C)(O)CCC4(C)C3CCC12C. The smallest absolute Gasteiger partial charge is 0.0657 e. The van der Waals surface area contributed by atoms with Gasteiger partial charge in [0.05, 0.1) is 12.2 Å². The fourth-order valence-corrected chi connectivity index (χ4v) is 7.51. The molecule has 0 saturated heterocycles. The van der Waals surface area contributed by atoms with Crippen LogP contribution in [0.25, 0.3) is 0 Å². The molecule has 7 atom stereocenters. The number of aliphatic hydroxyl groups excluding tert-OH is 1. The van der Waals surface area contributed by atoms with Crippen LogP contribution in [0.15, 0.2) is 35.5 Å². The molecule has 156 valence electrons. The molecule has 2 N–H and O–H groups in total. The molecule has 2 fully saturated rings. The Morgan fingerprint density at radius 2 is 1.89 bits per heavy atom. The van der Waals surface area contributed by atoms with Crippen LogP contribution in [-0.4, -0.2) is 22.4 Å². The van der Waals surface area contributed by atoms with Crippen molar-refractivity contribution in [1.82, 2.24) is 0 Å². The molecule has 0 aromatic heterocycles. The largest absolute Gasteiger partial charge is 0.392 e. The van der Waals surface area contributed by atoms with Gasteiger partial charge in [-0.2, -0.15) is 0 Å². The molecule has 4 rings (SSSR count). The summed E-state index contributed by atoms with van der Waals surface area (Å²) in [7, 11) is 0. The van der Waals surface area contributed by atoms with E-state index in [9.17, 15) is 10.2 Å². The molecule has 0 bridgehead atoms. The lowest BCUT2D eigenvalue weighted by molar-refractivity contribution is -0.0146. The summed E-state index contributed by atoms with van der Waals surface area (Å²) < 4.78 is 0. The molecule has 2 heteroatoms. The normalized spacial score (nSPS) is 46.9. The summed E-state index contributed by atoms with van der Waals surface area (Å²) in [6, 6.07) is 0. The van der Waals surface area contributed by atoms with E-state index < -0.39 is 5.60 Å². The predicted molar refractivity (Wildman–Crippen MR) is 116 cm³/mol. The van der Waals surface area contributed by atoms with Gasteiger partial charge in [-0.15, -0.1) is 0 Å². The molecule has 0 spiro atoms. The van der Waals surface area contributed by atoms with Crippen molar-refractivity contribution in [1.29, 1.82) is 0 Å². The molecule has 0 heterocycles. The van der Waals surface area contributed by atoms with E-state index in [4.69, 9.17) is 0 Å². The molecule has 2 saturated carbocycles. The quantitative estimate of drug-likeness (QED) is 0.603. The van der Waals surface area contributed by atoms with Crippen molar-refractivity contribution in [3.63, 3.8) is 0 Å². The number of hydrogen-bond acceptors (Lipinski definition) is 2. The van der Waals surface area contributed by atoms with Crippen LogP contribution < -0.4 is 0 Å². The second-order valence-corrected chi connectivity index (χ2v) is 11.1. The van der Waals surface area contributed by atoms with Gasteiger partial charge in [-0.3, -0.25) is 0 Å². The monoisotopic (exact) mass is 384 g/mol. The maximum absolute atomic E-state index is 10.6. The Bertz CT molecular complexity index is 699. The Morgan fingerprint density at radius 3 is 2.64 bits per heavy atom. The number of rotatable bonds is 3. The van der Waals surface area contributed by atoms with Crippen LogP contribution >= 0.6 is 0 Å². The summed E-state index contributed by atoms with van der Waals surface area (Å²) in [6.07, 6.45) is 18.5. The fourth-order valence-electron chi connectivity index (χ4n) is 7.51. The highest BCUT2D eigenvalue weighted by atomic mass is 16.3. The summed E-state index contributed by atoms with van der Waals surface area (Å²) >= 11 is 0. The first-order chi connectivity index (χ1) is 13.2. The van der Waals surface area contributed by atoms with E-state index in [-0.39, 0.29) is 6.61 Å². The second-order valence-electron chi connectivity index (χ2n) is 11.1. The zero-order valence-corrected chi connectivity index (χ0v) is 18.4. The predicted octanol–water partition coefficient (Wildman–Crippen LogP) is 5.81. The Labute approximate surface area is 171 Å². The molecule has 0 aliphatic heterocycles. The highest BCUT2D eigenvalue weighted by Gasteiger charge is 2.53. The van der Waals surface area contributed by atoms with Crippen molar-refractivity contribution in [2.75, 3.05) is 6.61 Å². The third kappa shape index (κ3) is 3.25. The molecule has 7 unspecified atom stereocenters. The lowest BCUT2D eigenvalue weighted by Gasteiger charge is -2.52. The average Bonchev–Trinajstić information content (AvgIpc) is 2.87. The maximum Gasteiger partial charge on any atom is 0.0657 e. The van der Waals surface area contributed by atoms with E-state index in [1.54, 1.807) is 11.1 Å². The number of hydrogen-bond donors (Lipinski definition) is 2. The maximum atomic E-state index is 10.6. The Balaban J connectivity index is 1.58. The summed E-state index contributed by atoms with van der Waals surface area (Å²) in [5.74, 6) is 2.78. The topological polar surface area (TPSA) is 40.5 Å². The molecule has 0 aromatic rings. The number of allylic oxidation sites excluding steroid dienone is 4. The average molecular weight is 385 g/mol. The van der Waals surface area contributed by atoms with Crippen LogP contribution in [0, 0.1) is 34.5 Å². The van der Waals surface area contributed by atoms with Gasteiger partial charge < -0.3 is 10.2 Å². The minimum Gasteiger partial charge on any atom is -0.392 e. The molecule has 28 heavy (non-hydrogen) atoms. The Morgan fingerprint density at radius 1 is 1.11 bits per heavy atom. The minimum atomic E-state index is -0.504. The van der Waals surface area contributed by atoms with Gasteiger partial charge >= 0.3 is 0 Å². The van der Waals surface area contributed by atoms with Gasteiger partial charge in [0.25, 0.3) is 0 Å². The zero-order chi connectivity index (χ0) is 20.2. The van der Waals surface area contributed by atoms with E-state index in [1.807, 2.05) is 13.0 Å². The summed E-state index contributed by atoms with van der Waals surface area (Å²) in [4.78, 5) is 0. The van der Waals surface area contributed by atoms with Gasteiger partial charge in [0.2, 0.25) is 0 Å². The van der Waals surface area contributed by atoms with Crippen molar-refractivity contribution in [3.05, 3.63) is 35.5 Å². The Kier molecular flexibility index (Phi) is 5.20. The van der Waals surface area contributed by atoms with E-state index in [0.717, 1.165) is 37.0 Å². The molecule has 0 radical (unpaired) electrons. The van der Waals surface area contributed by atoms with Gasteiger partial charge in [0.15, 0.2) is 0 Å². The van der Waals surface area contributed by atoms with Gasteiger partial charge in [-0.1, -0.05) is 56.2 Å². The zero-order valence-electron chi connectivity index (χ0n) is 18.4. The minimum absolute atomic E-state index is 0.137. The van der Waals surface area contributed by atoms with Gasteiger partial charge in [-0.25, -0.2) is 0 Å². The molecule has 2 nitrogen and oxygen atoms in total. The highest BCUT2D eigenvalue weighted by Crippen LogP contribution is 2.63. The van der Waals surface area contributed by atoms with Crippen molar-refractivity contribution >= 4 is 0 Å². The summed E-state index contributed by atoms with van der Waals surface area (Å²) in [6.45, 7) is 9.50. The fraction of sp³-hybridized carbons (Fsp3) is 0.769. The van der Waals surface area contributed by atoms with Crippen LogP contribution in [0.4, 0.5) is 0 Å². The molecular weight excluding hydrogens is 344 g/mol. The molecule has 0 amide bonds.